The first-order chi connectivity index (χ1) is 5.04. The van der Waals surface area contributed by atoms with E-state index in [0.717, 1.165) is 0 Å². The van der Waals surface area contributed by atoms with Gasteiger partial charge in [-0.3, -0.25) is 10.2 Å². The van der Waals surface area contributed by atoms with Crippen molar-refractivity contribution >= 4 is 17.5 Å². The zero-order valence-corrected chi connectivity index (χ0v) is 7.43. The molecule has 0 fully saturated rings. The minimum absolute atomic E-state index is 0.0974. The molecule has 0 saturated heterocycles. The van der Waals surface area contributed by atoms with Crippen molar-refractivity contribution in [2.75, 3.05) is 0 Å². The Morgan fingerprint density at radius 1 is 1.36 bits per heavy atom. The molecule has 0 aliphatic carbocycles. The summed E-state index contributed by atoms with van der Waals surface area (Å²) < 4.78 is 0. The third kappa shape index (κ3) is 8.81. The normalized spacial score (nSPS) is 9.64. The van der Waals surface area contributed by atoms with Gasteiger partial charge in [0, 0.05) is 0 Å². The Balaban J connectivity index is 0. The van der Waals surface area contributed by atoms with E-state index in [1.54, 1.807) is 0 Å². The van der Waals surface area contributed by atoms with Crippen LogP contribution in [0.15, 0.2) is 4.99 Å². The summed E-state index contributed by atoms with van der Waals surface area (Å²) in [5.41, 5.74) is 4.97. The zero-order chi connectivity index (χ0) is 9.44. The summed E-state index contributed by atoms with van der Waals surface area (Å²) in [7, 11) is 0. The van der Waals surface area contributed by atoms with Gasteiger partial charge in [-0.15, -0.1) is 0 Å². The van der Waals surface area contributed by atoms with E-state index in [9.17, 15) is 4.79 Å². The monoisotopic (exact) mass is 157 g/mol. The molecule has 64 valence electrons. The predicted octanol–water partition coefficient (Wildman–Crippen LogP) is 0.956. The third-order valence-corrected chi connectivity index (χ3v) is 0.599. The molecule has 4 heteroatoms. The average molecular weight is 157 g/mol. The van der Waals surface area contributed by atoms with Crippen molar-refractivity contribution in [1.82, 2.24) is 0 Å². The molecule has 0 saturated carbocycles. The fourth-order valence-corrected chi connectivity index (χ4v) is 0.244. The van der Waals surface area contributed by atoms with Crippen LogP contribution in [0.1, 0.15) is 27.7 Å². The molecule has 3 N–H and O–H groups in total. The van der Waals surface area contributed by atoms with Crippen molar-refractivity contribution in [2.45, 2.75) is 27.7 Å². The summed E-state index contributed by atoms with van der Waals surface area (Å²) in [6.45, 7) is 6.87. The van der Waals surface area contributed by atoms with Gasteiger partial charge in [-0.25, -0.2) is 0 Å². The van der Waals surface area contributed by atoms with Crippen molar-refractivity contribution in [2.24, 2.45) is 10.7 Å². The Kier molecular flexibility index (Phi) is 7.86. The van der Waals surface area contributed by atoms with Gasteiger partial charge in [0.15, 0.2) is 0 Å². The van der Waals surface area contributed by atoms with Crippen LogP contribution < -0.4 is 5.73 Å². The number of carbonyl (C=O) groups excluding carboxylic acids is 1. The van der Waals surface area contributed by atoms with Gasteiger partial charge in [0.1, 0.15) is 5.84 Å². The van der Waals surface area contributed by atoms with Crippen LogP contribution in [-0.4, -0.2) is 17.5 Å². The van der Waals surface area contributed by atoms with E-state index in [1.807, 2.05) is 13.8 Å². The van der Waals surface area contributed by atoms with E-state index in [-0.39, 0.29) is 11.5 Å². The summed E-state index contributed by atoms with van der Waals surface area (Å²) in [6.07, 6.45) is 0. The van der Waals surface area contributed by atoms with Crippen molar-refractivity contribution in [3.8, 4) is 0 Å². The minimum Gasteiger partial charge on any atom is -0.387 e. The molecular formula is C7H15N3O. The van der Waals surface area contributed by atoms with E-state index < -0.39 is 5.91 Å². The molecule has 0 spiro atoms. The summed E-state index contributed by atoms with van der Waals surface area (Å²) in [5.74, 6) is -0.387. The number of carbonyl (C=O) groups is 1. The first kappa shape index (κ1) is 12.5. The van der Waals surface area contributed by atoms with Crippen molar-refractivity contribution < 1.29 is 4.79 Å². The SMILES string of the molecule is CC.CC(=N)C(=O)N=C(C)N. The topological polar surface area (TPSA) is 79.3 Å². The van der Waals surface area contributed by atoms with Gasteiger partial charge in [-0.2, -0.15) is 4.99 Å². The van der Waals surface area contributed by atoms with Gasteiger partial charge in [0.2, 0.25) is 0 Å². The number of hydrogen-bond donors (Lipinski definition) is 2. The number of nitrogens with one attached hydrogen (secondary N) is 1. The molecule has 0 radical (unpaired) electrons. The minimum atomic E-state index is -0.574. The highest BCUT2D eigenvalue weighted by Gasteiger charge is 1.98. The lowest BCUT2D eigenvalue weighted by Gasteiger charge is -1.88. The largest absolute Gasteiger partial charge is 0.387 e. The Morgan fingerprint density at radius 3 is 1.82 bits per heavy atom. The number of amidine groups is 1. The van der Waals surface area contributed by atoms with Gasteiger partial charge in [-0.1, -0.05) is 13.8 Å². The standard InChI is InChI=1S/C5H9N3O.C2H6/c1-3(6)5(9)8-4(2)7;1-2/h6H,1-2H3,(H2,7,8,9);1-2H3. The van der Waals surface area contributed by atoms with Gasteiger partial charge < -0.3 is 5.73 Å². The van der Waals surface area contributed by atoms with Crippen LogP contribution in [0, 0.1) is 5.41 Å². The molecular weight excluding hydrogens is 142 g/mol. The summed E-state index contributed by atoms with van der Waals surface area (Å²) in [4.78, 5) is 13.8. The lowest BCUT2D eigenvalue weighted by atomic mass is 10.4. The number of amides is 1. The highest BCUT2D eigenvalue weighted by atomic mass is 16.1. The lowest BCUT2D eigenvalue weighted by Crippen LogP contribution is -2.13. The Bertz CT molecular complexity index is 169. The van der Waals surface area contributed by atoms with E-state index in [4.69, 9.17) is 11.1 Å². The van der Waals surface area contributed by atoms with Crippen molar-refractivity contribution in [3.63, 3.8) is 0 Å². The first-order valence-electron chi connectivity index (χ1n) is 3.44. The average Bonchev–Trinajstić information content (AvgIpc) is 1.90. The molecule has 0 bridgehead atoms. The van der Waals surface area contributed by atoms with Gasteiger partial charge >= 0.3 is 0 Å². The molecule has 0 aromatic carbocycles. The van der Waals surface area contributed by atoms with Gasteiger partial charge in [0.05, 0.1) is 5.71 Å². The molecule has 4 nitrogen and oxygen atoms in total. The second kappa shape index (κ2) is 6.92. The third-order valence-electron chi connectivity index (χ3n) is 0.599. The quantitative estimate of drug-likeness (QED) is 0.439. The number of hydrogen-bond acceptors (Lipinski definition) is 2. The van der Waals surface area contributed by atoms with Crippen LogP contribution in [0.2, 0.25) is 0 Å². The predicted molar refractivity (Wildman–Crippen MR) is 47.1 cm³/mol. The molecule has 0 aliphatic rings. The molecule has 0 heterocycles. The molecule has 1 amide bonds. The van der Waals surface area contributed by atoms with Crippen LogP contribution in [0.25, 0.3) is 0 Å². The van der Waals surface area contributed by atoms with Crippen LogP contribution in [0.4, 0.5) is 0 Å². The molecule has 11 heavy (non-hydrogen) atoms. The van der Waals surface area contributed by atoms with Crippen LogP contribution in [0.3, 0.4) is 0 Å². The van der Waals surface area contributed by atoms with Gasteiger partial charge in [-0.05, 0) is 13.8 Å². The second-order valence-corrected chi connectivity index (χ2v) is 1.68. The number of nitrogens with zero attached hydrogens (tertiary/aromatic N) is 1. The Morgan fingerprint density at radius 2 is 1.73 bits per heavy atom. The van der Waals surface area contributed by atoms with Crippen molar-refractivity contribution in [3.05, 3.63) is 0 Å². The van der Waals surface area contributed by atoms with E-state index in [0.29, 0.717) is 0 Å². The highest BCUT2D eigenvalue weighted by molar-refractivity contribution is 6.38. The lowest BCUT2D eigenvalue weighted by molar-refractivity contribution is -0.111. The van der Waals surface area contributed by atoms with Crippen LogP contribution in [0.5, 0.6) is 0 Å². The fourth-order valence-electron chi connectivity index (χ4n) is 0.244. The Hall–Kier alpha value is -1.19. The van der Waals surface area contributed by atoms with Gasteiger partial charge in [0.25, 0.3) is 5.91 Å². The summed E-state index contributed by atoms with van der Waals surface area (Å²) in [5, 5.41) is 6.78. The molecule has 0 unspecified atom stereocenters. The molecule has 0 rings (SSSR count). The molecule has 0 aromatic heterocycles. The smallest absolute Gasteiger partial charge is 0.291 e. The van der Waals surface area contributed by atoms with E-state index in [2.05, 4.69) is 4.99 Å². The van der Waals surface area contributed by atoms with Crippen LogP contribution >= 0.6 is 0 Å². The number of aliphatic imine (C=N–C) groups is 1. The highest BCUT2D eigenvalue weighted by Crippen LogP contribution is 1.77. The molecule has 0 aliphatic heterocycles. The number of rotatable bonds is 1. The second-order valence-electron chi connectivity index (χ2n) is 1.68. The van der Waals surface area contributed by atoms with Crippen LogP contribution in [-0.2, 0) is 4.79 Å². The summed E-state index contributed by atoms with van der Waals surface area (Å²) in [6, 6.07) is 0. The zero-order valence-electron chi connectivity index (χ0n) is 7.43. The maximum absolute atomic E-state index is 10.5. The summed E-state index contributed by atoms with van der Waals surface area (Å²) >= 11 is 0. The molecule has 0 atom stereocenters. The molecule has 0 aromatic rings. The fraction of sp³-hybridized carbons (Fsp3) is 0.571. The maximum atomic E-state index is 10.5. The Labute approximate surface area is 67.0 Å². The first-order valence-corrected chi connectivity index (χ1v) is 3.44. The van der Waals surface area contributed by atoms with E-state index >= 15 is 0 Å². The number of nitrogens with two attached hydrogens (primary N) is 1. The van der Waals surface area contributed by atoms with E-state index in [1.165, 1.54) is 13.8 Å². The van der Waals surface area contributed by atoms with Crippen molar-refractivity contribution in [1.29, 1.82) is 5.41 Å². The maximum Gasteiger partial charge on any atom is 0.291 e.